The van der Waals surface area contributed by atoms with Crippen molar-refractivity contribution in [3.8, 4) is 11.5 Å². The van der Waals surface area contributed by atoms with Crippen LogP contribution in [0.3, 0.4) is 0 Å². The zero-order valence-electron chi connectivity index (χ0n) is 16.9. The van der Waals surface area contributed by atoms with E-state index in [1.165, 1.54) is 0 Å². The van der Waals surface area contributed by atoms with Crippen LogP contribution in [0.1, 0.15) is 17.9 Å². The topological polar surface area (TPSA) is 58.5 Å². The highest BCUT2D eigenvalue weighted by Crippen LogP contribution is 2.27. The van der Waals surface area contributed by atoms with Crippen LogP contribution in [0.2, 0.25) is 19.6 Å². The molecule has 2 atom stereocenters. The molecule has 0 radical (unpaired) electrons. The highest BCUT2D eigenvalue weighted by Gasteiger charge is 2.41. The zero-order valence-corrected chi connectivity index (χ0v) is 17.9. The fourth-order valence-electron chi connectivity index (χ4n) is 3.41. The number of likely N-dealkylation sites (tertiary alicyclic amines) is 1. The van der Waals surface area contributed by atoms with Crippen molar-refractivity contribution >= 4 is 19.0 Å². The van der Waals surface area contributed by atoms with Gasteiger partial charge in [-0.2, -0.15) is 0 Å². The molecule has 0 spiro atoms. The third kappa shape index (κ3) is 4.56. The Morgan fingerprint density at radius 2 is 2.04 bits per heavy atom. The molecule has 0 aliphatic carbocycles. The smallest absolute Gasteiger partial charge is 0.155 e. The summed E-state index contributed by atoms with van der Waals surface area (Å²) in [5.41, 5.74) is 4.55. The third-order valence-corrected chi connectivity index (χ3v) is 5.86. The van der Waals surface area contributed by atoms with Crippen LogP contribution in [-0.4, -0.2) is 60.0 Å². The normalized spacial score (nSPS) is 23.9. The second kappa shape index (κ2) is 7.68. The number of piperidine rings is 1. The molecule has 2 heterocycles. The van der Waals surface area contributed by atoms with Crippen LogP contribution in [0.4, 0.5) is 0 Å². The van der Waals surface area contributed by atoms with Gasteiger partial charge in [0.15, 0.2) is 5.60 Å². The average molecular weight is 384 g/mol. The first kappa shape index (κ1) is 20.0. The summed E-state index contributed by atoms with van der Waals surface area (Å²) in [5, 5.41) is 11.9. The predicted molar refractivity (Wildman–Crippen MR) is 111 cm³/mol. The molecular formula is C21H29N3O2Si. The van der Waals surface area contributed by atoms with Crippen molar-refractivity contribution in [3.63, 3.8) is 0 Å². The SMILES string of the molecule is COC1(C#C[Si](C)(C)C)CCN(Cc2nc(C)c3ccccc3n2)CC1O. The minimum absolute atomic E-state index is 0.503. The number of aliphatic hydroxyl groups is 1. The lowest BCUT2D eigenvalue weighted by Gasteiger charge is -2.41. The van der Waals surface area contributed by atoms with Crippen molar-refractivity contribution in [3.05, 3.63) is 35.8 Å². The van der Waals surface area contributed by atoms with Crippen molar-refractivity contribution in [2.45, 2.75) is 51.2 Å². The average Bonchev–Trinajstić information content (AvgIpc) is 2.61. The van der Waals surface area contributed by atoms with E-state index in [0.29, 0.717) is 19.5 Å². The highest BCUT2D eigenvalue weighted by molar-refractivity contribution is 6.83. The van der Waals surface area contributed by atoms with Crippen LogP contribution >= 0.6 is 0 Å². The first-order chi connectivity index (χ1) is 12.7. The second-order valence-corrected chi connectivity index (χ2v) is 13.1. The Kier molecular flexibility index (Phi) is 5.68. The van der Waals surface area contributed by atoms with Gasteiger partial charge in [-0.05, 0) is 13.0 Å². The minimum Gasteiger partial charge on any atom is -0.388 e. The number of ether oxygens (including phenoxy) is 1. The van der Waals surface area contributed by atoms with E-state index in [0.717, 1.165) is 29.0 Å². The number of aliphatic hydroxyl groups excluding tert-OH is 1. The summed E-state index contributed by atoms with van der Waals surface area (Å²) in [6.45, 7) is 10.5. The largest absolute Gasteiger partial charge is 0.388 e. The number of benzene rings is 1. The summed E-state index contributed by atoms with van der Waals surface area (Å²) in [6.07, 6.45) is 0.0241. The fourth-order valence-corrected chi connectivity index (χ4v) is 4.00. The van der Waals surface area contributed by atoms with E-state index in [1.807, 2.05) is 31.2 Å². The van der Waals surface area contributed by atoms with Crippen molar-refractivity contribution in [1.82, 2.24) is 14.9 Å². The third-order valence-electron chi connectivity index (χ3n) is 4.99. The van der Waals surface area contributed by atoms with Crippen LogP contribution in [0.5, 0.6) is 0 Å². The summed E-state index contributed by atoms with van der Waals surface area (Å²) >= 11 is 0. The van der Waals surface area contributed by atoms with E-state index < -0.39 is 19.8 Å². The molecule has 0 bridgehead atoms. The molecule has 1 aliphatic heterocycles. The second-order valence-electron chi connectivity index (χ2n) is 8.34. The number of hydrogen-bond donors (Lipinski definition) is 1. The number of aromatic nitrogens is 2. The molecule has 144 valence electrons. The van der Waals surface area contributed by atoms with Crippen LogP contribution < -0.4 is 0 Å². The molecule has 5 nitrogen and oxygen atoms in total. The lowest BCUT2D eigenvalue weighted by Crippen LogP contribution is -2.55. The molecule has 1 saturated heterocycles. The Morgan fingerprint density at radius 3 is 2.70 bits per heavy atom. The van der Waals surface area contributed by atoms with Gasteiger partial charge in [-0.15, -0.1) is 5.54 Å². The van der Waals surface area contributed by atoms with Crippen molar-refractivity contribution < 1.29 is 9.84 Å². The highest BCUT2D eigenvalue weighted by atomic mass is 28.3. The van der Waals surface area contributed by atoms with Gasteiger partial charge in [0.25, 0.3) is 0 Å². The number of fused-ring (bicyclic) bond motifs is 1. The van der Waals surface area contributed by atoms with E-state index in [2.05, 4.69) is 41.0 Å². The molecule has 2 unspecified atom stereocenters. The van der Waals surface area contributed by atoms with Gasteiger partial charge in [0.2, 0.25) is 0 Å². The molecule has 2 aromatic rings. The summed E-state index contributed by atoms with van der Waals surface area (Å²) in [5.74, 6) is 4.06. The van der Waals surface area contributed by atoms with Gasteiger partial charge in [-0.25, -0.2) is 9.97 Å². The molecule has 1 fully saturated rings. The fraction of sp³-hybridized carbons (Fsp3) is 0.524. The van der Waals surface area contributed by atoms with Crippen LogP contribution in [0.15, 0.2) is 24.3 Å². The molecule has 0 saturated carbocycles. The van der Waals surface area contributed by atoms with E-state index in [-0.39, 0.29) is 0 Å². The summed E-state index contributed by atoms with van der Waals surface area (Å²) < 4.78 is 5.70. The predicted octanol–water partition coefficient (Wildman–Crippen LogP) is 2.77. The Hall–Kier alpha value is -1.78. The van der Waals surface area contributed by atoms with Gasteiger partial charge in [0, 0.05) is 37.7 Å². The molecule has 3 rings (SSSR count). The van der Waals surface area contributed by atoms with E-state index in [1.54, 1.807) is 7.11 Å². The maximum atomic E-state index is 10.8. The molecule has 0 amide bonds. The standard InChI is InChI=1S/C21H29N3O2Si/c1-16-17-8-6-7-9-18(17)23-20(22-16)15-24-12-10-21(26-2,19(25)14-24)11-13-27(3,4)5/h6-9,19,25H,10,12,14-15H2,1-5H3. The summed E-state index contributed by atoms with van der Waals surface area (Å²) in [6, 6.07) is 8.06. The Bertz CT molecular complexity index is 884. The quantitative estimate of drug-likeness (QED) is 0.652. The summed E-state index contributed by atoms with van der Waals surface area (Å²) in [7, 11) is 0.116. The van der Waals surface area contributed by atoms with E-state index in [4.69, 9.17) is 9.72 Å². The lowest BCUT2D eigenvalue weighted by molar-refractivity contribution is -0.106. The molecule has 1 aromatic heterocycles. The molecule has 1 N–H and O–H groups in total. The molecule has 6 heteroatoms. The Balaban J connectivity index is 1.75. The van der Waals surface area contributed by atoms with Gasteiger partial charge in [0.1, 0.15) is 20.0 Å². The molecular weight excluding hydrogens is 354 g/mol. The van der Waals surface area contributed by atoms with Crippen molar-refractivity contribution in [2.75, 3.05) is 20.2 Å². The van der Waals surface area contributed by atoms with E-state index in [9.17, 15) is 5.11 Å². The molecule has 1 aliphatic rings. The van der Waals surface area contributed by atoms with Gasteiger partial charge >= 0.3 is 0 Å². The number of methoxy groups -OCH3 is 1. The monoisotopic (exact) mass is 383 g/mol. The maximum Gasteiger partial charge on any atom is 0.155 e. The lowest BCUT2D eigenvalue weighted by atomic mass is 9.89. The first-order valence-electron chi connectivity index (χ1n) is 9.45. The number of para-hydroxylation sites is 1. The van der Waals surface area contributed by atoms with Gasteiger partial charge in [0.05, 0.1) is 12.1 Å². The van der Waals surface area contributed by atoms with Gasteiger partial charge in [-0.3, -0.25) is 4.90 Å². The number of rotatable bonds is 3. The van der Waals surface area contributed by atoms with Crippen LogP contribution in [-0.2, 0) is 11.3 Å². The molecule has 1 aromatic carbocycles. The number of β-amino-alcohol motifs (C(OH)–C–C–N with tert-alkyl or cyclic N) is 1. The van der Waals surface area contributed by atoms with Gasteiger partial charge < -0.3 is 9.84 Å². The van der Waals surface area contributed by atoms with Crippen LogP contribution in [0, 0.1) is 18.4 Å². The number of aryl methyl sites for hydroxylation is 1. The van der Waals surface area contributed by atoms with Crippen molar-refractivity contribution in [2.24, 2.45) is 0 Å². The number of nitrogens with zero attached hydrogens (tertiary/aromatic N) is 3. The minimum atomic E-state index is -1.53. The van der Waals surface area contributed by atoms with Crippen LogP contribution in [0.25, 0.3) is 10.9 Å². The maximum absolute atomic E-state index is 10.8. The number of hydrogen-bond acceptors (Lipinski definition) is 5. The first-order valence-corrected chi connectivity index (χ1v) is 12.9. The molecule has 27 heavy (non-hydrogen) atoms. The Labute approximate surface area is 162 Å². The van der Waals surface area contributed by atoms with Gasteiger partial charge in [-0.1, -0.05) is 43.8 Å². The zero-order chi connectivity index (χ0) is 19.7. The Morgan fingerprint density at radius 1 is 1.30 bits per heavy atom. The summed E-state index contributed by atoms with van der Waals surface area (Å²) in [4.78, 5) is 11.5. The van der Waals surface area contributed by atoms with E-state index >= 15 is 0 Å². The van der Waals surface area contributed by atoms with Crippen molar-refractivity contribution in [1.29, 1.82) is 0 Å².